The highest BCUT2D eigenvalue weighted by Gasteiger charge is 2.21. The molecule has 0 bridgehead atoms. The van der Waals surface area contributed by atoms with Crippen LogP contribution in [0, 0.1) is 0 Å². The number of carbonyl (C=O) groups is 5. The molecule has 0 spiro atoms. The molecule has 0 amide bonds. The van der Waals surface area contributed by atoms with Gasteiger partial charge in [-0.3, -0.25) is 14.4 Å². The van der Waals surface area contributed by atoms with Gasteiger partial charge in [-0.05, 0) is 60.7 Å². The van der Waals surface area contributed by atoms with Crippen LogP contribution < -0.4 is 34.1 Å². The number of esters is 5. The molecule has 0 saturated heterocycles. The lowest BCUT2D eigenvalue weighted by Crippen LogP contribution is -2.55. The Balaban J connectivity index is 1.20. The van der Waals surface area contributed by atoms with Crippen LogP contribution in [0.5, 0.6) is 0 Å². The van der Waals surface area contributed by atoms with E-state index < -0.39 is 136 Å². The van der Waals surface area contributed by atoms with Crippen LogP contribution >= 0.6 is 0 Å². The van der Waals surface area contributed by atoms with Crippen LogP contribution in [-0.4, -0.2) is 114 Å². The highest BCUT2D eigenvalue weighted by atomic mass is 16.5. The molecule has 0 aliphatic heterocycles. The standard InChI is InChI=1S/C51H70N6O18/c1-3-5-30-71-41(60)19-22-52-46(65)53(48(67)54(47(52)66)24-21-43(62)73-34-27-57-50(69)55(25-28-58)49(68)56(26-29-59)51(57)70)23-20-42(61)72-32-13-11-9-7-8-10-12-14-33-75-45(64)40-18-16-37-35-39(17-15-38(37)36-40)44(63)74-31-6-4-2/h15-18,35-36,58-59H,3-14,19-34H2,1-2H3. The quantitative estimate of drug-likeness (QED) is 0.0378. The fourth-order valence-corrected chi connectivity index (χ4v) is 7.71. The van der Waals surface area contributed by atoms with Crippen LogP contribution in [0.25, 0.3) is 10.8 Å². The molecule has 4 aromatic rings. The summed E-state index contributed by atoms with van der Waals surface area (Å²) in [6, 6.07) is 10.4. The molecule has 0 unspecified atom stereocenters. The maximum atomic E-state index is 13.5. The van der Waals surface area contributed by atoms with E-state index in [1.54, 1.807) is 36.4 Å². The third-order valence-electron chi connectivity index (χ3n) is 12.0. The van der Waals surface area contributed by atoms with Crippen molar-refractivity contribution in [2.45, 2.75) is 149 Å². The normalized spacial score (nSPS) is 11.1. The molecule has 4 rings (SSSR count). The number of benzene rings is 2. The van der Waals surface area contributed by atoms with E-state index >= 15 is 0 Å². The number of aliphatic hydroxyl groups is 2. The average Bonchev–Trinajstić information content (AvgIpc) is 3.39. The molecule has 0 aliphatic carbocycles. The second-order valence-electron chi connectivity index (χ2n) is 17.5. The van der Waals surface area contributed by atoms with E-state index in [1.165, 1.54) is 0 Å². The Kier molecular flexibility index (Phi) is 25.9. The molecule has 24 nitrogen and oxygen atoms in total. The van der Waals surface area contributed by atoms with Crippen molar-refractivity contribution in [1.29, 1.82) is 0 Å². The lowest BCUT2D eigenvalue weighted by Gasteiger charge is -2.14. The summed E-state index contributed by atoms with van der Waals surface area (Å²) in [6.45, 7) is -0.0277. The first-order valence-corrected chi connectivity index (χ1v) is 25.6. The summed E-state index contributed by atoms with van der Waals surface area (Å²) in [7, 11) is 0. The van der Waals surface area contributed by atoms with Gasteiger partial charge in [0.1, 0.15) is 6.61 Å². The van der Waals surface area contributed by atoms with Crippen LogP contribution in [0.15, 0.2) is 65.2 Å². The average molecular weight is 1060 g/mol. The number of aliphatic hydroxyl groups excluding tert-OH is 2. The van der Waals surface area contributed by atoms with Crippen molar-refractivity contribution in [3.8, 4) is 0 Å². The van der Waals surface area contributed by atoms with Crippen LogP contribution in [0.2, 0.25) is 0 Å². The fourth-order valence-electron chi connectivity index (χ4n) is 7.71. The minimum atomic E-state index is -1.14. The van der Waals surface area contributed by atoms with Crippen molar-refractivity contribution in [2.24, 2.45) is 0 Å². The van der Waals surface area contributed by atoms with Crippen LogP contribution in [0.1, 0.15) is 131 Å². The molecule has 0 atom stereocenters. The zero-order valence-electron chi connectivity index (χ0n) is 42.9. The monoisotopic (exact) mass is 1050 g/mol. The summed E-state index contributed by atoms with van der Waals surface area (Å²) in [6.07, 6.45) is 8.32. The van der Waals surface area contributed by atoms with Gasteiger partial charge in [0.25, 0.3) is 0 Å². The second-order valence-corrected chi connectivity index (χ2v) is 17.5. The highest BCUT2D eigenvalue weighted by Crippen LogP contribution is 2.20. The smallest absolute Gasteiger partial charge is 0.338 e. The van der Waals surface area contributed by atoms with Crippen molar-refractivity contribution in [3.63, 3.8) is 0 Å². The number of ether oxygens (including phenoxy) is 5. The fraction of sp³-hybridized carbons (Fsp3) is 0.588. The minimum Gasteiger partial charge on any atom is -0.466 e. The maximum Gasteiger partial charge on any atom is 0.338 e. The third kappa shape index (κ3) is 18.6. The summed E-state index contributed by atoms with van der Waals surface area (Å²) >= 11 is 0. The van der Waals surface area contributed by atoms with E-state index in [4.69, 9.17) is 23.7 Å². The molecule has 2 N–H and O–H groups in total. The number of unbranched alkanes of at least 4 members (excludes halogenated alkanes) is 9. The molecule has 0 aliphatic rings. The van der Waals surface area contributed by atoms with E-state index in [0.29, 0.717) is 64.4 Å². The van der Waals surface area contributed by atoms with Crippen molar-refractivity contribution in [3.05, 3.63) is 110 Å². The first-order chi connectivity index (χ1) is 36.2. The van der Waals surface area contributed by atoms with Gasteiger partial charge in [0.15, 0.2) is 0 Å². The molecule has 2 aromatic carbocycles. The molecule has 412 valence electrons. The number of aromatic nitrogens is 6. The zero-order valence-corrected chi connectivity index (χ0v) is 42.9. The molecule has 2 heterocycles. The number of carbonyl (C=O) groups excluding carboxylic acids is 5. The van der Waals surface area contributed by atoms with E-state index in [9.17, 15) is 63.0 Å². The van der Waals surface area contributed by atoms with Gasteiger partial charge in [0.05, 0.1) is 89.7 Å². The number of hydrogen-bond donors (Lipinski definition) is 2. The Hall–Kier alpha value is -7.21. The lowest BCUT2D eigenvalue weighted by molar-refractivity contribution is -0.145. The van der Waals surface area contributed by atoms with E-state index in [0.717, 1.165) is 68.6 Å². The Morgan fingerprint density at radius 3 is 1.03 bits per heavy atom. The van der Waals surface area contributed by atoms with Crippen LogP contribution in [0.4, 0.5) is 0 Å². The summed E-state index contributed by atoms with van der Waals surface area (Å²) in [5, 5.41) is 20.2. The third-order valence-corrected chi connectivity index (χ3v) is 12.0. The van der Waals surface area contributed by atoms with E-state index in [1.807, 2.05) is 13.8 Å². The van der Waals surface area contributed by atoms with Gasteiger partial charge in [0, 0.05) is 19.6 Å². The molecular weight excluding hydrogens is 985 g/mol. The van der Waals surface area contributed by atoms with Crippen molar-refractivity contribution < 1.29 is 57.9 Å². The Labute approximate surface area is 431 Å². The lowest BCUT2D eigenvalue weighted by atomic mass is 10.0. The van der Waals surface area contributed by atoms with Gasteiger partial charge in [-0.25, -0.2) is 65.8 Å². The number of fused-ring (bicyclic) bond motifs is 1. The summed E-state index contributed by atoms with van der Waals surface area (Å²) in [5.74, 6) is -3.19. The van der Waals surface area contributed by atoms with Crippen LogP contribution in [0.3, 0.4) is 0 Å². The molecular formula is C51H70N6O18. The first kappa shape index (κ1) is 60.3. The molecule has 0 saturated carbocycles. The second kappa shape index (κ2) is 32.2. The summed E-state index contributed by atoms with van der Waals surface area (Å²) < 4.78 is 30.0. The van der Waals surface area contributed by atoms with Crippen molar-refractivity contribution >= 4 is 40.6 Å². The van der Waals surface area contributed by atoms with Gasteiger partial charge < -0.3 is 33.9 Å². The predicted molar refractivity (Wildman–Crippen MR) is 271 cm³/mol. The number of hydrogen-bond acceptors (Lipinski definition) is 18. The Bertz CT molecular complexity index is 2880. The van der Waals surface area contributed by atoms with Gasteiger partial charge in [-0.15, -0.1) is 0 Å². The predicted octanol–water partition coefficient (Wildman–Crippen LogP) is 2.03. The van der Waals surface area contributed by atoms with Gasteiger partial charge in [0.2, 0.25) is 0 Å². The van der Waals surface area contributed by atoms with Crippen molar-refractivity contribution in [2.75, 3.05) is 46.2 Å². The summed E-state index contributed by atoms with van der Waals surface area (Å²) in [4.78, 5) is 142. The largest absolute Gasteiger partial charge is 0.466 e. The maximum absolute atomic E-state index is 13.5. The molecule has 2 aromatic heterocycles. The summed E-state index contributed by atoms with van der Waals surface area (Å²) in [5.41, 5.74) is -5.73. The zero-order chi connectivity index (χ0) is 54.7. The number of nitrogens with zero attached hydrogens (tertiary/aromatic N) is 6. The molecule has 0 radical (unpaired) electrons. The van der Waals surface area contributed by atoms with E-state index in [2.05, 4.69) is 0 Å². The van der Waals surface area contributed by atoms with Crippen LogP contribution in [-0.2, 0) is 77.3 Å². The van der Waals surface area contributed by atoms with Crippen molar-refractivity contribution in [1.82, 2.24) is 27.4 Å². The van der Waals surface area contributed by atoms with Gasteiger partial charge in [-0.2, -0.15) is 0 Å². The molecule has 0 fully saturated rings. The SMILES string of the molecule is CCCCOC(=O)CCn1c(=O)n(CCC(=O)OCCCCCCCCCCOC(=O)c2ccc3cc(C(=O)OCCCC)ccc3c2)c(=O)n(CCC(=O)OCCn2c(=O)n(CCO)c(=O)n(CCO)c2=O)c1=O. The molecule has 75 heavy (non-hydrogen) atoms. The Morgan fingerprint density at radius 1 is 0.373 bits per heavy atom. The van der Waals surface area contributed by atoms with Gasteiger partial charge >= 0.3 is 64.0 Å². The Morgan fingerprint density at radius 2 is 0.667 bits per heavy atom. The molecule has 24 heteroatoms. The van der Waals surface area contributed by atoms with E-state index in [-0.39, 0.29) is 25.8 Å². The first-order valence-electron chi connectivity index (χ1n) is 25.6. The highest BCUT2D eigenvalue weighted by molar-refractivity contribution is 5.99. The minimum absolute atomic E-state index is 0.0944. The number of rotatable bonds is 35. The van der Waals surface area contributed by atoms with Gasteiger partial charge in [-0.1, -0.05) is 77.3 Å². The topological polar surface area (TPSA) is 304 Å².